The van der Waals surface area contributed by atoms with E-state index in [-0.39, 0.29) is 0 Å². The minimum absolute atomic E-state index is 0.907. The van der Waals surface area contributed by atoms with Crippen LogP contribution < -0.4 is 0 Å². The van der Waals surface area contributed by atoms with Gasteiger partial charge in [0, 0.05) is 30.0 Å². The van der Waals surface area contributed by atoms with Crippen LogP contribution in [-0.2, 0) is 6.54 Å². The van der Waals surface area contributed by atoms with E-state index in [0.717, 1.165) is 30.5 Å². The van der Waals surface area contributed by atoms with Crippen LogP contribution in [0.1, 0.15) is 6.42 Å². The lowest BCUT2D eigenvalue weighted by Crippen LogP contribution is -2.21. The molecule has 1 heterocycles. The van der Waals surface area contributed by atoms with Crippen molar-refractivity contribution in [2.75, 3.05) is 20.1 Å². The monoisotopic (exact) mass is 257 g/mol. The average molecular weight is 258 g/mol. The largest absolute Gasteiger partial charge is 0.337 e. The van der Waals surface area contributed by atoms with Gasteiger partial charge in [-0.3, -0.25) is 0 Å². The van der Waals surface area contributed by atoms with Crippen molar-refractivity contribution in [3.05, 3.63) is 29.8 Å². The highest BCUT2D eigenvalue weighted by atomic mass is 79.9. The first kappa shape index (κ1) is 11.5. The molecule has 0 saturated carbocycles. The normalized spacial score (nSPS) is 10.8. The number of likely N-dealkylation sites (N-methyl/N-ethyl adjacent to an activating group) is 1. The van der Waals surface area contributed by atoms with Gasteiger partial charge in [0.1, 0.15) is 0 Å². The molecule has 0 unspecified atom stereocenters. The van der Waals surface area contributed by atoms with E-state index in [4.69, 9.17) is 0 Å². The zero-order valence-corrected chi connectivity index (χ0v) is 10.1. The maximum absolute atomic E-state index is 4.00. The number of aromatic nitrogens is 2. The minimum atomic E-state index is 0.907. The van der Waals surface area contributed by atoms with Crippen LogP contribution in [0, 0.1) is 0 Å². The fourth-order valence-corrected chi connectivity index (χ4v) is 1.74. The quantitative estimate of drug-likeness (QED) is 0.779. The Kier molecular flexibility index (Phi) is 4.90. The second kappa shape index (κ2) is 5.98. The molecule has 0 bridgehead atoms. The van der Waals surface area contributed by atoms with Crippen molar-refractivity contribution < 1.29 is 0 Å². The Morgan fingerprint density at radius 1 is 1.64 bits per heavy atom. The van der Waals surface area contributed by atoms with Crippen molar-refractivity contribution in [1.29, 1.82) is 0 Å². The van der Waals surface area contributed by atoms with Crippen LogP contribution in [0.2, 0.25) is 0 Å². The molecule has 0 N–H and O–H groups in total. The molecule has 1 aromatic rings. The Balaban J connectivity index is 2.12. The first-order chi connectivity index (χ1) is 6.68. The molecule has 3 nitrogen and oxygen atoms in total. The van der Waals surface area contributed by atoms with Crippen LogP contribution in [0.3, 0.4) is 0 Å². The molecular weight excluding hydrogens is 242 g/mol. The summed E-state index contributed by atoms with van der Waals surface area (Å²) >= 11 is 3.35. The number of rotatable bonds is 6. The second-order valence-electron chi connectivity index (χ2n) is 3.41. The van der Waals surface area contributed by atoms with E-state index in [9.17, 15) is 0 Å². The van der Waals surface area contributed by atoms with Crippen LogP contribution >= 0.6 is 15.9 Å². The van der Waals surface area contributed by atoms with E-state index in [1.54, 1.807) is 0 Å². The number of imidazole rings is 1. The Bertz CT molecular complexity index is 269. The van der Waals surface area contributed by atoms with Crippen LogP contribution in [0.25, 0.3) is 0 Å². The van der Waals surface area contributed by atoms with Gasteiger partial charge in [-0.15, -0.1) is 0 Å². The van der Waals surface area contributed by atoms with Gasteiger partial charge in [-0.2, -0.15) is 0 Å². The van der Waals surface area contributed by atoms with Gasteiger partial charge in [0.2, 0.25) is 0 Å². The SMILES string of the molecule is C=C(Br)CN(C)CCCn1ccnc1. The molecule has 0 atom stereocenters. The van der Waals surface area contributed by atoms with Crippen molar-refractivity contribution in [3.63, 3.8) is 0 Å². The molecule has 0 aliphatic heterocycles. The second-order valence-corrected chi connectivity index (χ2v) is 4.53. The summed E-state index contributed by atoms with van der Waals surface area (Å²) < 4.78 is 3.12. The molecule has 0 aliphatic rings. The van der Waals surface area contributed by atoms with Gasteiger partial charge in [0.15, 0.2) is 0 Å². The maximum atomic E-state index is 4.00. The molecule has 0 fully saturated rings. The van der Waals surface area contributed by atoms with Crippen molar-refractivity contribution in [2.24, 2.45) is 0 Å². The van der Waals surface area contributed by atoms with Gasteiger partial charge in [-0.25, -0.2) is 4.98 Å². The summed E-state index contributed by atoms with van der Waals surface area (Å²) in [5.74, 6) is 0. The summed E-state index contributed by atoms with van der Waals surface area (Å²) in [6.45, 7) is 6.82. The summed E-state index contributed by atoms with van der Waals surface area (Å²) in [5.41, 5.74) is 0. The van der Waals surface area contributed by atoms with E-state index in [1.165, 1.54) is 0 Å². The minimum Gasteiger partial charge on any atom is -0.337 e. The number of hydrogen-bond donors (Lipinski definition) is 0. The predicted octanol–water partition coefficient (Wildman–Crippen LogP) is 2.11. The van der Waals surface area contributed by atoms with Crippen LogP contribution in [0.4, 0.5) is 0 Å². The van der Waals surface area contributed by atoms with E-state index in [0.29, 0.717) is 0 Å². The van der Waals surface area contributed by atoms with Crippen molar-refractivity contribution in [3.8, 4) is 0 Å². The van der Waals surface area contributed by atoms with Crippen LogP contribution in [0.15, 0.2) is 29.8 Å². The Hall–Kier alpha value is -0.610. The van der Waals surface area contributed by atoms with Crippen molar-refractivity contribution in [2.45, 2.75) is 13.0 Å². The van der Waals surface area contributed by atoms with Gasteiger partial charge in [0.05, 0.1) is 6.33 Å². The highest BCUT2D eigenvalue weighted by molar-refractivity contribution is 9.11. The molecule has 14 heavy (non-hydrogen) atoms. The van der Waals surface area contributed by atoms with Gasteiger partial charge in [-0.05, 0) is 20.0 Å². The summed E-state index contributed by atoms with van der Waals surface area (Å²) in [4.78, 5) is 6.24. The van der Waals surface area contributed by atoms with Crippen LogP contribution in [-0.4, -0.2) is 34.6 Å². The lowest BCUT2D eigenvalue weighted by Gasteiger charge is -2.15. The number of aryl methyl sites for hydroxylation is 1. The highest BCUT2D eigenvalue weighted by Crippen LogP contribution is 2.03. The van der Waals surface area contributed by atoms with Crippen molar-refractivity contribution >= 4 is 15.9 Å². The zero-order chi connectivity index (χ0) is 10.4. The van der Waals surface area contributed by atoms with Crippen LogP contribution in [0.5, 0.6) is 0 Å². The fourth-order valence-electron chi connectivity index (χ4n) is 1.31. The smallest absolute Gasteiger partial charge is 0.0945 e. The Morgan fingerprint density at radius 3 is 3.00 bits per heavy atom. The number of halogens is 1. The molecule has 78 valence electrons. The number of hydrogen-bond acceptors (Lipinski definition) is 2. The highest BCUT2D eigenvalue weighted by Gasteiger charge is 1.98. The summed E-state index contributed by atoms with van der Waals surface area (Å²) in [7, 11) is 2.10. The molecule has 1 rings (SSSR count). The van der Waals surface area contributed by atoms with E-state index < -0.39 is 0 Å². The van der Waals surface area contributed by atoms with Crippen molar-refractivity contribution in [1.82, 2.24) is 14.5 Å². The first-order valence-electron chi connectivity index (χ1n) is 4.66. The Labute approximate surface area is 93.6 Å². The third-order valence-electron chi connectivity index (χ3n) is 1.96. The van der Waals surface area contributed by atoms with Gasteiger partial charge in [-0.1, -0.05) is 22.5 Å². The van der Waals surface area contributed by atoms with E-state index in [1.807, 2.05) is 18.7 Å². The molecule has 4 heteroatoms. The topological polar surface area (TPSA) is 21.1 Å². The molecule has 0 spiro atoms. The number of nitrogens with zero attached hydrogens (tertiary/aromatic N) is 3. The lowest BCUT2D eigenvalue weighted by molar-refractivity contribution is 0.352. The molecule has 0 radical (unpaired) electrons. The summed E-state index contributed by atoms with van der Waals surface area (Å²) in [6, 6.07) is 0. The fraction of sp³-hybridized carbons (Fsp3) is 0.500. The van der Waals surface area contributed by atoms with E-state index >= 15 is 0 Å². The Morgan fingerprint density at radius 2 is 2.43 bits per heavy atom. The molecule has 0 saturated heterocycles. The average Bonchev–Trinajstić information content (AvgIpc) is 2.55. The van der Waals surface area contributed by atoms with Gasteiger partial charge >= 0.3 is 0 Å². The van der Waals surface area contributed by atoms with E-state index in [2.05, 4.69) is 44.0 Å². The molecule has 1 aromatic heterocycles. The molecule has 0 aromatic carbocycles. The predicted molar refractivity (Wildman–Crippen MR) is 62.4 cm³/mol. The standard InChI is InChI=1S/C10H16BrN3/c1-10(11)8-13(2)5-3-6-14-7-4-12-9-14/h4,7,9H,1,3,5-6,8H2,2H3. The van der Waals surface area contributed by atoms with Gasteiger partial charge in [0.25, 0.3) is 0 Å². The third-order valence-corrected chi connectivity index (χ3v) is 2.21. The molecule has 0 aliphatic carbocycles. The maximum Gasteiger partial charge on any atom is 0.0945 e. The lowest BCUT2D eigenvalue weighted by atomic mass is 10.4. The zero-order valence-electron chi connectivity index (χ0n) is 8.49. The molecular formula is C10H16BrN3. The molecule has 0 amide bonds. The van der Waals surface area contributed by atoms with Gasteiger partial charge < -0.3 is 9.47 Å². The summed E-state index contributed by atoms with van der Waals surface area (Å²) in [5, 5.41) is 0. The first-order valence-corrected chi connectivity index (χ1v) is 5.45. The third kappa shape index (κ3) is 4.58. The summed E-state index contributed by atoms with van der Waals surface area (Å²) in [6.07, 6.45) is 6.78.